The van der Waals surface area contributed by atoms with Gasteiger partial charge in [-0.2, -0.15) is 5.10 Å². The largest absolute Gasteiger partial charge is 0.467 e. The van der Waals surface area contributed by atoms with Gasteiger partial charge < -0.3 is 4.42 Å². The van der Waals surface area contributed by atoms with Gasteiger partial charge in [-0.15, -0.1) is 5.10 Å². The molecule has 1 aromatic carbocycles. The molecule has 6 nitrogen and oxygen atoms in total. The summed E-state index contributed by atoms with van der Waals surface area (Å²) in [6, 6.07) is 14.6. The van der Waals surface area contributed by atoms with Crippen LogP contribution in [-0.2, 0) is 11.3 Å². The fourth-order valence-electron chi connectivity index (χ4n) is 2.59. The van der Waals surface area contributed by atoms with E-state index < -0.39 is 0 Å². The topological polar surface area (TPSA) is 71.1 Å². The summed E-state index contributed by atoms with van der Waals surface area (Å²) in [7, 11) is 0. The highest BCUT2D eigenvalue weighted by atomic mass is 35.5. The minimum atomic E-state index is -0.156. The number of halogens is 1. The smallest absolute Gasteiger partial charge is 0.267 e. The van der Waals surface area contributed by atoms with Crippen molar-refractivity contribution in [1.29, 1.82) is 0 Å². The van der Waals surface area contributed by atoms with Crippen molar-refractivity contribution in [3.8, 4) is 0 Å². The van der Waals surface area contributed by atoms with Crippen LogP contribution in [0.15, 0.2) is 86.7 Å². The highest BCUT2D eigenvalue weighted by Crippen LogP contribution is 2.34. The third kappa shape index (κ3) is 4.82. The molecular formula is C21H15ClN4O2S. The number of aromatic nitrogens is 1. The maximum absolute atomic E-state index is 13.0. The van der Waals surface area contributed by atoms with Crippen molar-refractivity contribution >= 4 is 46.7 Å². The van der Waals surface area contributed by atoms with Crippen LogP contribution in [0.4, 0.5) is 0 Å². The quantitative estimate of drug-likeness (QED) is 0.335. The second kappa shape index (κ2) is 8.89. The number of benzene rings is 1. The van der Waals surface area contributed by atoms with Crippen LogP contribution in [0.25, 0.3) is 6.08 Å². The Kier molecular flexibility index (Phi) is 5.88. The number of hydrogen-bond donors (Lipinski definition) is 0. The molecule has 0 N–H and O–H groups in total. The average molecular weight is 423 g/mol. The van der Waals surface area contributed by atoms with Gasteiger partial charge in [0, 0.05) is 23.0 Å². The van der Waals surface area contributed by atoms with Crippen molar-refractivity contribution in [2.45, 2.75) is 6.54 Å². The van der Waals surface area contributed by atoms with E-state index in [1.807, 2.05) is 36.4 Å². The number of nitrogens with zero attached hydrogens (tertiary/aromatic N) is 4. The maximum Gasteiger partial charge on any atom is 0.267 e. The minimum Gasteiger partial charge on any atom is -0.467 e. The molecule has 3 heterocycles. The summed E-state index contributed by atoms with van der Waals surface area (Å²) < 4.78 is 5.39. The SMILES string of the molecule is O=C1/C(=C/c2ccc(Cl)cc2)S/C(=N/N=C\c2cccnc2)N1Cc1ccco1. The molecule has 0 saturated carbocycles. The van der Waals surface area contributed by atoms with Crippen molar-refractivity contribution in [2.24, 2.45) is 10.2 Å². The fraction of sp³-hybridized carbons (Fsp3) is 0.0476. The van der Waals surface area contributed by atoms with E-state index in [0.717, 1.165) is 11.1 Å². The van der Waals surface area contributed by atoms with Gasteiger partial charge in [0.15, 0.2) is 5.17 Å². The Balaban J connectivity index is 1.61. The van der Waals surface area contributed by atoms with Crippen molar-refractivity contribution in [2.75, 3.05) is 0 Å². The van der Waals surface area contributed by atoms with E-state index >= 15 is 0 Å². The van der Waals surface area contributed by atoms with Gasteiger partial charge in [0.2, 0.25) is 0 Å². The highest BCUT2D eigenvalue weighted by Gasteiger charge is 2.34. The number of amides is 1. The van der Waals surface area contributed by atoms with Crippen LogP contribution in [0.5, 0.6) is 0 Å². The van der Waals surface area contributed by atoms with Gasteiger partial charge in [-0.3, -0.25) is 14.7 Å². The molecule has 0 aliphatic carbocycles. The standard InChI is InChI=1S/C21H15ClN4O2S/c22-17-7-5-15(6-8-17)11-19-20(27)26(14-18-4-2-10-28-18)21(29-19)25-24-13-16-3-1-9-23-12-16/h1-13H,14H2/b19-11-,24-13-,25-21+. The fourth-order valence-corrected chi connectivity index (χ4v) is 3.65. The lowest BCUT2D eigenvalue weighted by atomic mass is 10.2. The van der Waals surface area contributed by atoms with Gasteiger partial charge >= 0.3 is 0 Å². The van der Waals surface area contributed by atoms with Crippen molar-refractivity contribution in [3.63, 3.8) is 0 Å². The van der Waals surface area contributed by atoms with Crippen LogP contribution in [0.1, 0.15) is 16.9 Å². The van der Waals surface area contributed by atoms with Gasteiger partial charge in [-0.25, -0.2) is 0 Å². The predicted octanol–water partition coefficient (Wildman–Crippen LogP) is 4.83. The Hall–Kier alpha value is -3.16. The van der Waals surface area contributed by atoms with Gasteiger partial charge in [-0.1, -0.05) is 29.8 Å². The number of furan rings is 1. The lowest BCUT2D eigenvalue weighted by Crippen LogP contribution is -2.28. The monoisotopic (exact) mass is 422 g/mol. The summed E-state index contributed by atoms with van der Waals surface area (Å²) in [5.74, 6) is 0.507. The van der Waals surface area contributed by atoms with Gasteiger partial charge in [0.05, 0.1) is 23.9 Å². The van der Waals surface area contributed by atoms with Gasteiger partial charge in [-0.05, 0) is 53.7 Å². The Morgan fingerprint density at radius 1 is 1.14 bits per heavy atom. The molecule has 1 amide bonds. The lowest BCUT2D eigenvalue weighted by Gasteiger charge is -2.12. The molecule has 29 heavy (non-hydrogen) atoms. The number of amidine groups is 1. The molecule has 3 aromatic rings. The van der Waals surface area contributed by atoms with E-state index in [2.05, 4.69) is 15.2 Å². The minimum absolute atomic E-state index is 0.156. The predicted molar refractivity (Wildman–Crippen MR) is 116 cm³/mol. The first kappa shape index (κ1) is 19.2. The number of hydrogen-bond acceptors (Lipinski definition) is 6. The van der Waals surface area contributed by atoms with E-state index in [4.69, 9.17) is 16.0 Å². The zero-order valence-corrected chi connectivity index (χ0v) is 16.7. The molecule has 8 heteroatoms. The Bertz CT molecular complexity index is 1080. The molecule has 0 radical (unpaired) electrons. The molecule has 144 valence electrons. The second-order valence-corrected chi connectivity index (χ2v) is 7.49. The molecule has 1 aliphatic rings. The van der Waals surface area contributed by atoms with Gasteiger partial charge in [0.1, 0.15) is 5.76 Å². The molecular weight excluding hydrogens is 408 g/mol. The zero-order chi connectivity index (χ0) is 20.1. The first-order valence-electron chi connectivity index (χ1n) is 8.69. The number of carbonyl (C=O) groups excluding carboxylic acids is 1. The molecule has 0 spiro atoms. The average Bonchev–Trinajstić information content (AvgIpc) is 3.35. The second-order valence-electron chi connectivity index (χ2n) is 6.05. The van der Waals surface area contributed by atoms with Crippen LogP contribution >= 0.6 is 23.4 Å². The normalized spacial score (nSPS) is 17.1. The van der Waals surface area contributed by atoms with Crippen molar-refractivity contribution in [3.05, 3.63) is 94.0 Å². The van der Waals surface area contributed by atoms with Crippen molar-refractivity contribution < 1.29 is 9.21 Å². The Labute approximate surface area is 176 Å². The van der Waals surface area contributed by atoms with Crippen LogP contribution in [0, 0.1) is 0 Å². The summed E-state index contributed by atoms with van der Waals surface area (Å²) in [5.41, 5.74) is 1.70. The summed E-state index contributed by atoms with van der Waals surface area (Å²) in [6.45, 7) is 0.276. The Morgan fingerprint density at radius 2 is 2.00 bits per heavy atom. The van der Waals surface area contributed by atoms with Crippen LogP contribution in [0.3, 0.4) is 0 Å². The number of pyridine rings is 1. The number of rotatable bonds is 5. The highest BCUT2D eigenvalue weighted by molar-refractivity contribution is 8.18. The number of thioether (sulfide) groups is 1. The van der Waals surface area contributed by atoms with E-state index in [-0.39, 0.29) is 12.5 Å². The van der Waals surface area contributed by atoms with E-state index in [1.165, 1.54) is 11.8 Å². The number of carbonyl (C=O) groups is 1. The summed E-state index contributed by atoms with van der Waals surface area (Å²) in [5, 5.41) is 9.50. The first-order valence-corrected chi connectivity index (χ1v) is 9.89. The molecule has 2 aromatic heterocycles. The molecule has 1 aliphatic heterocycles. The summed E-state index contributed by atoms with van der Waals surface area (Å²) >= 11 is 7.21. The molecule has 0 unspecified atom stereocenters. The summed E-state index contributed by atoms with van der Waals surface area (Å²) in [6.07, 6.45) is 8.35. The molecule has 1 fully saturated rings. The van der Waals surface area contributed by atoms with E-state index in [0.29, 0.717) is 20.9 Å². The molecule has 1 saturated heterocycles. The summed E-state index contributed by atoms with van der Waals surface area (Å²) in [4.78, 5) is 19.1. The molecule has 4 rings (SSSR count). The molecule has 0 bridgehead atoms. The third-order valence-electron chi connectivity index (χ3n) is 3.98. The lowest BCUT2D eigenvalue weighted by molar-refractivity contribution is -0.122. The zero-order valence-electron chi connectivity index (χ0n) is 15.1. The molecule has 0 atom stereocenters. The van der Waals surface area contributed by atoms with Crippen molar-refractivity contribution in [1.82, 2.24) is 9.88 Å². The van der Waals surface area contributed by atoms with Gasteiger partial charge in [0.25, 0.3) is 5.91 Å². The van der Waals surface area contributed by atoms with E-state index in [1.54, 1.807) is 48.0 Å². The first-order chi connectivity index (χ1) is 14.2. The third-order valence-corrected chi connectivity index (χ3v) is 5.23. The Morgan fingerprint density at radius 3 is 2.72 bits per heavy atom. The van der Waals surface area contributed by atoms with Crippen LogP contribution < -0.4 is 0 Å². The van der Waals surface area contributed by atoms with Crippen LogP contribution in [0.2, 0.25) is 5.02 Å². The maximum atomic E-state index is 13.0. The van der Waals surface area contributed by atoms with E-state index in [9.17, 15) is 4.79 Å². The van der Waals surface area contributed by atoms with Crippen LogP contribution in [-0.4, -0.2) is 27.2 Å².